The number of esters is 1. The third-order valence-electron chi connectivity index (χ3n) is 4.53. The molecule has 2 aromatic carbocycles. The van der Waals surface area contributed by atoms with Crippen LogP contribution in [0.1, 0.15) is 34.8 Å². The van der Waals surface area contributed by atoms with E-state index in [4.69, 9.17) is 4.74 Å². The SMILES string of the molecule is CC[C@@H](C(=O)Nc1cc(C(=O)OC)ccc1C)N(c1ccc(C)cc1)S(C)(=O)=O. The molecule has 0 heterocycles. The molecule has 8 heteroatoms. The summed E-state index contributed by atoms with van der Waals surface area (Å²) in [6.45, 7) is 5.43. The summed E-state index contributed by atoms with van der Waals surface area (Å²) in [5.74, 6) is -1.01. The van der Waals surface area contributed by atoms with E-state index >= 15 is 0 Å². The van der Waals surface area contributed by atoms with Gasteiger partial charge < -0.3 is 10.1 Å². The standard InChI is InChI=1S/C21H26N2O5S/c1-6-19(23(29(5,26)27)17-11-7-14(2)8-12-17)20(24)22-18-13-16(21(25)28-4)10-9-15(18)3/h7-13,19H,6H2,1-5H3,(H,22,24)/t19-/m0/s1. The van der Waals surface area contributed by atoms with E-state index in [1.54, 1.807) is 50.2 Å². The Morgan fingerprint density at radius 3 is 2.24 bits per heavy atom. The number of ether oxygens (including phenoxy) is 1. The Hall–Kier alpha value is -2.87. The summed E-state index contributed by atoms with van der Waals surface area (Å²) in [7, 11) is -2.44. The first-order valence-corrected chi connectivity index (χ1v) is 11.0. The van der Waals surface area contributed by atoms with Crippen LogP contribution in [-0.2, 0) is 19.6 Å². The molecule has 7 nitrogen and oxygen atoms in total. The van der Waals surface area contributed by atoms with Crippen LogP contribution in [0.25, 0.3) is 0 Å². The minimum absolute atomic E-state index is 0.266. The Bertz CT molecular complexity index is 1000. The van der Waals surface area contributed by atoms with Gasteiger partial charge in [0.25, 0.3) is 0 Å². The summed E-state index contributed by atoms with van der Waals surface area (Å²) < 4.78 is 30.9. The second kappa shape index (κ2) is 9.09. The monoisotopic (exact) mass is 418 g/mol. The highest BCUT2D eigenvalue weighted by Gasteiger charge is 2.31. The van der Waals surface area contributed by atoms with Crippen molar-refractivity contribution in [3.63, 3.8) is 0 Å². The van der Waals surface area contributed by atoms with Crippen LogP contribution in [0.4, 0.5) is 11.4 Å². The molecule has 0 spiro atoms. The van der Waals surface area contributed by atoms with Gasteiger partial charge in [0.05, 0.1) is 24.6 Å². The van der Waals surface area contributed by atoms with Gasteiger partial charge >= 0.3 is 5.97 Å². The number of nitrogens with one attached hydrogen (secondary N) is 1. The zero-order valence-corrected chi connectivity index (χ0v) is 18.0. The van der Waals surface area contributed by atoms with Crippen molar-refractivity contribution in [3.05, 3.63) is 59.2 Å². The minimum Gasteiger partial charge on any atom is -0.465 e. The lowest BCUT2D eigenvalue weighted by atomic mass is 10.1. The Balaban J connectivity index is 2.40. The summed E-state index contributed by atoms with van der Waals surface area (Å²) >= 11 is 0. The molecule has 1 N–H and O–H groups in total. The maximum absolute atomic E-state index is 13.0. The molecule has 29 heavy (non-hydrogen) atoms. The van der Waals surface area contributed by atoms with Gasteiger partial charge in [0.1, 0.15) is 6.04 Å². The average molecular weight is 419 g/mol. The smallest absolute Gasteiger partial charge is 0.337 e. The summed E-state index contributed by atoms with van der Waals surface area (Å²) in [4.78, 5) is 24.8. The van der Waals surface area contributed by atoms with Crippen molar-refractivity contribution in [1.29, 1.82) is 0 Å². The first kappa shape index (κ1) is 22.4. The minimum atomic E-state index is -3.72. The van der Waals surface area contributed by atoms with Crippen LogP contribution in [0.2, 0.25) is 0 Å². The lowest BCUT2D eigenvalue weighted by molar-refractivity contribution is -0.117. The fourth-order valence-corrected chi connectivity index (χ4v) is 4.18. The zero-order valence-electron chi connectivity index (χ0n) is 17.2. The van der Waals surface area contributed by atoms with Gasteiger partial charge in [0.15, 0.2) is 0 Å². The molecule has 0 saturated heterocycles. The number of sulfonamides is 1. The van der Waals surface area contributed by atoms with E-state index in [2.05, 4.69) is 5.32 Å². The molecule has 0 fully saturated rings. The van der Waals surface area contributed by atoms with Gasteiger partial charge in [0, 0.05) is 5.69 Å². The van der Waals surface area contributed by atoms with Crippen LogP contribution in [-0.4, -0.2) is 39.7 Å². The number of anilines is 2. The fourth-order valence-electron chi connectivity index (χ4n) is 2.97. The van der Waals surface area contributed by atoms with Gasteiger partial charge in [0.2, 0.25) is 15.9 Å². The average Bonchev–Trinajstić information content (AvgIpc) is 2.67. The highest BCUT2D eigenvalue weighted by atomic mass is 32.2. The molecule has 2 aromatic rings. The Morgan fingerprint density at radius 1 is 1.10 bits per heavy atom. The van der Waals surface area contributed by atoms with Crippen molar-refractivity contribution in [3.8, 4) is 0 Å². The Morgan fingerprint density at radius 2 is 1.72 bits per heavy atom. The van der Waals surface area contributed by atoms with Gasteiger partial charge in [-0.25, -0.2) is 13.2 Å². The van der Waals surface area contributed by atoms with Crippen LogP contribution in [0.5, 0.6) is 0 Å². The van der Waals surface area contributed by atoms with E-state index in [-0.39, 0.29) is 6.42 Å². The molecule has 2 rings (SSSR count). The number of amides is 1. The van der Waals surface area contributed by atoms with E-state index in [0.29, 0.717) is 16.9 Å². The molecule has 0 aliphatic rings. The molecule has 0 radical (unpaired) electrons. The number of carbonyl (C=O) groups excluding carboxylic acids is 2. The lowest BCUT2D eigenvalue weighted by Gasteiger charge is -2.30. The van der Waals surface area contributed by atoms with E-state index in [1.165, 1.54) is 13.2 Å². The number of carbonyl (C=O) groups is 2. The van der Waals surface area contributed by atoms with Gasteiger partial charge in [-0.3, -0.25) is 9.10 Å². The highest BCUT2D eigenvalue weighted by Crippen LogP contribution is 2.25. The second-order valence-corrected chi connectivity index (χ2v) is 8.69. The lowest BCUT2D eigenvalue weighted by Crippen LogP contribution is -2.47. The number of hydrogen-bond donors (Lipinski definition) is 1. The molecular formula is C21H26N2O5S. The molecule has 0 aliphatic heterocycles. The molecule has 1 amide bonds. The molecule has 156 valence electrons. The highest BCUT2D eigenvalue weighted by molar-refractivity contribution is 7.92. The fraction of sp³-hybridized carbons (Fsp3) is 0.333. The number of methoxy groups -OCH3 is 1. The van der Waals surface area contributed by atoms with E-state index in [9.17, 15) is 18.0 Å². The van der Waals surface area contributed by atoms with Crippen molar-refractivity contribution >= 4 is 33.3 Å². The molecule has 0 bridgehead atoms. The molecule has 1 atom stereocenters. The van der Waals surface area contributed by atoms with Gasteiger partial charge in [-0.1, -0.05) is 30.7 Å². The first-order chi connectivity index (χ1) is 13.6. The quantitative estimate of drug-likeness (QED) is 0.697. The van der Waals surface area contributed by atoms with Crippen molar-refractivity contribution in [2.24, 2.45) is 0 Å². The van der Waals surface area contributed by atoms with Crippen LogP contribution < -0.4 is 9.62 Å². The topological polar surface area (TPSA) is 92.8 Å². The predicted octanol–water partition coefficient (Wildman–Crippen LogP) is 3.27. The summed E-state index contributed by atoms with van der Waals surface area (Å²) in [5.41, 5.74) is 2.85. The van der Waals surface area contributed by atoms with Gasteiger partial charge in [-0.2, -0.15) is 0 Å². The van der Waals surface area contributed by atoms with Gasteiger partial charge in [-0.05, 0) is 50.1 Å². The van der Waals surface area contributed by atoms with Crippen molar-refractivity contribution < 1.29 is 22.7 Å². The maximum atomic E-state index is 13.0. The van der Waals surface area contributed by atoms with Crippen LogP contribution in [0, 0.1) is 13.8 Å². The van der Waals surface area contributed by atoms with Gasteiger partial charge in [-0.15, -0.1) is 0 Å². The van der Waals surface area contributed by atoms with Crippen LogP contribution in [0.15, 0.2) is 42.5 Å². The normalized spacial score (nSPS) is 12.2. The van der Waals surface area contributed by atoms with Crippen molar-refractivity contribution in [1.82, 2.24) is 0 Å². The van der Waals surface area contributed by atoms with E-state index < -0.39 is 27.9 Å². The second-order valence-electron chi connectivity index (χ2n) is 6.83. The predicted molar refractivity (Wildman–Crippen MR) is 114 cm³/mol. The number of benzene rings is 2. The number of rotatable bonds is 7. The van der Waals surface area contributed by atoms with Crippen molar-refractivity contribution in [2.45, 2.75) is 33.2 Å². The largest absolute Gasteiger partial charge is 0.465 e. The van der Waals surface area contributed by atoms with Crippen molar-refractivity contribution in [2.75, 3.05) is 23.0 Å². The molecule has 0 unspecified atom stereocenters. The first-order valence-electron chi connectivity index (χ1n) is 9.14. The van der Waals surface area contributed by atoms with Crippen LogP contribution in [0.3, 0.4) is 0 Å². The Labute approximate surface area is 171 Å². The zero-order chi connectivity index (χ0) is 21.8. The van der Waals surface area contributed by atoms with Crippen LogP contribution >= 0.6 is 0 Å². The maximum Gasteiger partial charge on any atom is 0.337 e. The summed E-state index contributed by atoms with van der Waals surface area (Å²) in [6.07, 6.45) is 1.34. The van der Waals surface area contributed by atoms with E-state index in [0.717, 1.165) is 21.7 Å². The van der Waals surface area contributed by atoms with E-state index in [1.807, 2.05) is 6.92 Å². The summed E-state index contributed by atoms with van der Waals surface area (Å²) in [5, 5.41) is 2.76. The number of nitrogens with zero attached hydrogens (tertiary/aromatic N) is 1. The molecule has 0 aliphatic carbocycles. The summed E-state index contributed by atoms with van der Waals surface area (Å²) in [6, 6.07) is 10.8. The number of hydrogen-bond acceptors (Lipinski definition) is 5. The Kier molecular flexibility index (Phi) is 7.02. The third-order valence-corrected chi connectivity index (χ3v) is 5.71. The molecule has 0 saturated carbocycles. The third kappa shape index (κ3) is 5.35. The number of aryl methyl sites for hydroxylation is 2. The molecular weight excluding hydrogens is 392 g/mol. The molecule has 0 aromatic heterocycles.